The van der Waals surface area contributed by atoms with Gasteiger partial charge < -0.3 is 9.13 Å². The van der Waals surface area contributed by atoms with Crippen LogP contribution in [0.15, 0.2) is 152 Å². The maximum atomic E-state index is 2.49. The normalized spacial score (nSPS) is 11.7. The van der Waals surface area contributed by atoms with E-state index in [1.807, 2.05) is 0 Å². The second kappa shape index (κ2) is 11.4. The van der Waals surface area contributed by atoms with Gasteiger partial charge in [-0.2, -0.15) is 0 Å². The summed E-state index contributed by atoms with van der Waals surface area (Å²) >= 11 is 0. The molecule has 0 saturated carbocycles. The SMILES string of the molecule is Cc1cccc(C)c1B(c1ccc(-n2c3ccccc3c3ccc4c5ccccc5n(-c5ccccc5)c4c32)cc1)c1c(C)cccc1C. The quantitative estimate of drug-likeness (QED) is 0.168. The van der Waals surface area contributed by atoms with Crippen LogP contribution in [0.1, 0.15) is 22.3 Å². The zero-order chi connectivity index (χ0) is 33.2. The molecule has 2 aromatic heterocycles. The van der Waals surface area contributed by atoms with Gasteiger partial charge in [-0.15, -0.1) is 0 Å². The summed E-state index contributed by atoms with van der Waals surface area (Å²) < 4.78 is 4.94. The van der Waals surface area contributed by atoms with Crippen LogP contribution in [0.2, 0.25) is 0 Å². The van der Waals surface area contributed by atoms with Crippen LogP contribution in [-0.4, -0.2) is 15.8 Å². The van der Waals surface area contributed by atoms with Crippen molar-refractivity contribution in [3.63, 3.8) is 0 Å². The summed E-state index contributed by atoms with van der Waals surface area (Å²) in [6, 6.07) is 55.9. The molecule has 2 nitrogen and oxygen atoms in total. The molecule has 0 saturated heterocycles. The first kappa shape index (κ1) is 29.4. The third kappa shape index (κ3) is 4.49. The van der Waals surface area contributed by atoms with Gasteiger partial charge in [-0.3, -0.25) is 0 Å². The van der Waals surface area contributed by atoms with Gasteiger partial charge in [0.2, 0.25) is 6.71 Å². The number of aromatic nitrogens is 2. The lowest BCUT2D eigenvalue weighted by Crippen LogP contribution is -2.55. The molecule has 7 aromatic carbocycles. The summed E-state index contributed by atoms with van der Waals surface area (Å²) in [5.74, 6) is 0. The second-order valence-corrected chi connectivity index (χ2v) is 13.5. The van der Waals surface area contributed by atoms with Crippen molar-refractivity contribution >= 4 is 66.7 Å². The summed E-state index contributed by atoms with van der Waals surface area (Å²) in [6.45, 7) is 9.17. The number of aryl methyl sites for hydroxylation is 4. The molecule has 0 aliphatic heterocycles. The number of fused-ring (bicyclic) bond motifs is 7. The summed E-state index contributed by atoms with van der Waals surface area (Å²) in [6.07, 6.45) is 0. The Balaban J connectivity index is 1.34. The topological polar surface area (TPSA) is 9.86 Å². The molecule has 0 fully saturated rings. The minimum atomic E-state index is 0.141. The average Bonchev–Trinajstić information content (AvgIpc) is 3.64. The van der Waals surface area contributed by atoms with Gasteiger partial charge in [0.25, 0.3) is 0 Å². The molecule has 2 heterocycles. The summed E-state index contributed by atoms with van der Waals surface area (Å²) in [4.78, 5) is 0. The van der Waals surface area contributed by atoms with Crippen LogP contribution in [0.25, 0.3) is 55.0 Å². The van der Waals surface area contributed by atoms with Gasteiger partial charge in [-0.05, 0) is 64.1 Å². The van der Waals surface area contributed by atoms with Crippen molar-refractivity contribution in [2.75, 3.05) is 0 Å². The van der Waals surface area contributed by atoms with E-state index >= 15 is 0 Å². The van der Waals surface area contributed by atoms with Gasteiger partial charge >= 0.3 is 0 Å². The number of para-hydroxylation sites is 3. The van der Waals surface area contributed by atoms with Crippen LogP contribution >= 0.6 is 0 Å². The molecule has 9 rings (SSSR count). The Morgan fingerprint density at radius 3 is 1.22 bits per heavy atom. The molecule has 0 atom stereocenters. The predicted molar refractivity (Wildman–Crippen MR) is 212 cm³/mol. The van der Waals surface area contributed by atoms with E-state index < -0.39 is 0 Å². The van der Waals surface area contributed by atoms with Crippen LogP contribution in [0.4, 0.5) is 0 Å². The van der Waals surface area contributed by atoms with E-state index in [-0.39, 0.29) is 6.71 Å². The fourth-order valence-electron chi connectivity index (χ4n) is 8.47. The number of benzene rings is 7. The minimum Gasteiger partial charge on any atom is -0.307 e. The van der Waals surface area contributed by atoms with E-state index in [9.17, 15) is 0 Å². The van der Waals surface area contributed by atoms with Crippen molar-refractivity contribution in [3.8, 4) is 11.4 Å². The first-order valence-electron chi connectivity index (χ1n) is 17.2. The third-order valence-electron chi connectivity index (χ3n) is 10.6. The van der Waals surface area contributed by atoms with E-state index in [0.29, 0.717) is 0 Å². The molecule has 0 spiro atoms. The highest BCUT2D eigenvalue weighted by Gasteiger charge is 2.28. The molecule has 0 N–H and O–H groups in total. The summed E-state index contributed by atoms with van der Waals surface area (Å²) in [5, 5.41) is 5.05. The Kier molecular flexibility index (Phi) is 6.84. The fourth-order valence-corrected chi connectivity index (χ4v) is 8.47. The van der Waals surface area contributed by atoms with Crippen molar-refractivity contribution in [2.24, 2.45) is 0 Å². The largest absolute Gasteiger partial charge is 0.307 e. The highest BCUT2D eigenvalue weighted by molar-refractivity contribution is 6.96. The molecule has 49 heavy (non-hydrogen) atoms. The van der Waals surface area contributed by atoms with E-state index in [0.717, 1.165) is 5.69 Å². The number of hydrogen-bond acceptors (Lipinski definition) is 0. The first-order chi connectivity index (χ1) is 24.0. The molecular formula is C46H37BN2. The highest BCUT2D eigenvalue weighted by Crippen LogP contribution is 2.41. The van der Waals surface area contributed by atoms with E-state index in [2.05, 4.69) is 188 Å². The fraction of sp³-hybridized carbons (Fsp3) is 0.0870. The van der Waals surface area contributed by atoms with Crippen molar-refractivity contribution < 1.29 is 0 Å². The molecule has 0 aliphatic rings. The zero-order valence-electron chi connectivity index (χ0n) is 28.4. The Labute approximate surface area is 288 Å². The van der Waals surface area contributed by atoms with Gasteiger partial charge in [0, 0.05) is 32.9 Å². The van der Waals surface area contributed by atoms with Crippen molar-refractivity contribution in [3.05, 3.63) is 174 Å². The average molecular weight is 629 g/mol. The Bertz CT molecular complexity index is 2600. The maximum absolute atomic E-state index is 2.49. The molecule has 0 bridgehead atoms. The molecule has 3 heteroatoms. The molecule has 234 valence electrons. The molecule has 0 amide bonds. The smallest absolute Gasteiger partial charge is 0.242 e. The van der Waals surface area contributed by atoms with Crippen LogP contribution in [0.5, 0.6) is 0 Å². The molecule has 0 unspecified atom stereocenters. The number of hydrogen-bond donors (Lipinski definition) is 0. The monoisotopic (exact) mass is 628 g/mol. The maximum Gasteiger partial charge on any atom is 0.242 e. The molecular weight excluding hydrogens is 591 g/mol. The number of nitrogens with zero attached hydrogens (tertiary/aromatic N) is 2. The van der Waals surface area contributed by atoms with E-state index in [1.54, 1.807) is 0 Å². The van der Waals surface area contributed by atoms with Crippen LogP contribution in [0.3, 0.4) is 0 Å². The molecule has 0 aliphatic carbocycles. The van der Waals surface area contributed by atoms with Crippen molar-refractivity contribution in [1.29, 1.82) is 0 Å². The van der Waals surface area contributed by atoms with Gasteiger partial charge in [0.1, 0.15) is 0 Å². The lowest BCUT2D eigenvalue weighted by atomic mass is 9.34. The Hall–Kier alpha value is -5.80. The molecule has 9 aromatic rings. The van der Waals surface area contributed by atoms with Crippen molar-refractivity contribution in [2.45, 2.75) is 27.7 Å². The van der Waals surface area contributed by atoms with Crippen LogP contribution in [-0.2, 0) is 0 Å². The molecule has 0 radical (unpaired) electrons. The predicted octanol–water partition coefficient (Wildman–Crippen LogP) is 9.63. The third-order valence-corrected chi connectivity index (χ3v) is 10.6. The Morgan fingerprint density at radius 1 is 0.347 bits per heavy atom. The van der Waals surface area contributed by atoms with Gasteiger partial charge in [-0.1, -0.05) is 154 Å². The van der Waals surface area contributed by atoms with Crippen molar-refractivity contribution in [1.82, 2.24) is 9.13 Å². The lowest BCUT2D eigenvalue weighted by Gasteiger charge is -2.24. The van der Waals surface area contributed by atoms with Crippen LogP contribution < -0.4 is 16.4 Å². The van der Waals surface area contributed by atoms with Gasteiger partial charge in [0.15, 0.2) is 0 Å². The standard InChI is InChI=1S/C46H37BN2/c1-30-14-12-15-31(2)43(30)47(44-32(3)16-13-17-33(44)4)34-24-26-36(27-25-34)49-42-23-11-9-21-38(42)40-29-28-39-37-20-8-10-22-41(37)48(45(39)46(40)49)35-18-6-5-7-19-35/h5-29H,1-4H3. The summed E-state index contributed by atoms with van der Waals surface area (Å²) in [5.41, 5.74) is 16.6. The van der Waals surface area contributed by atoms with Gasteiger partial charge in [0.05, 0.1) is 22.1 Å². The van der Waals surface area contributed by atoms with Gasteiger partial charge in [-0.25, -0.2) is 0 Å². The first-order valence-corrected chi connectivity index (χ1v) is 17.2. The second-order valence-electron chi connectivity index (χ2n) is 13.5. The summed E-state index contributed by atoms with van der Waals surface area (Å²) in [7, 11) is 0. The highest BCUT2D eigenvalue weighted by atomic mass is 15.0. The number of rotatable bonds is 5. The Morgan fingerprint density at radius 2 is 0.755 bits per heavy atom. The zero-order valence-corrected chi connectivity index (χ0v) is 28.4. The minimum absolute atomic E-state index is 0.141. The van der Waals surface area contributed by atoms with E-state index in [1.165, 1.54) is 87.9 Å². The van der Waals surface area contributed by atoms with Crippen LogP contribution in [0, 0.1) is 27.7 Å². The lowest BCUT2D eigenvalue weighted by molar-refractivity contribution is 1.15. The van der Waals surface area contributed by atoms with E-state index in [4.69, 9.17) is 0 Å².